The quantitative estimate of drug-likeness (QED) is 0.429. The van der Waals surface area contributed by atoms with Crippen LogP contribution in [0.4, 0.5) is 0 Å². The molecule has 0 amide bonds. The Morgan fingerprint density at radius 1 is 1.50 bits per heavy atom. The fourth-order valence-corrected chi connectivity index (χ4v) is 1.01. The van der Waals surface area contributed by atoms with Crippen LogP contribution in [-0.4, -0.2) is 7.11 Å². The number of hydrogen-bond acceptors (Lipinski definition) is 1. The van der Waals surface area contributed by atoms with E-state index in [1.165, 1.54) is 25.7 Å². The largest absolute Gasteiger partial charge is 0.450 e. The molecule has 0 heterocycles. The Bertz CT molecular complexity index is 137. The van der Waals surface area contributed by atoms with E-state index in [4.69, 9.17) is 0 Å². The molecule has 10 heavy (non-hydrogen) atoms. The standard InChI is InChI=1S/C9H14O/c1-10-8-4-2-3-5-9-6-7-9/h9H,2-3,5-7H2,1H3. The topological polar surface area (TPSA) is 9.23 Å². The van der Waals surface area contributed by atoms with Crippen LogP contribution in [0.5, 0.6) is 0 Å². The van der Waals surface area contributed by atoms with Gasteiger partial charge in [0, 0.05) is 6.42 Å². The van der Waals surface area contributed by atoms with Crippen LogP contribution in [0.25, 0.3) is 0 Å². The lowest BCUT2D eigenvalue weighted by Gasteiger charge is -1.89. The van der Waals surface area contributed by atoms with Gasteiger partial charge in [0.1, 0.15) is 6.11 Å². The van der Waals surface area contributed by atoms with Gasteiger partial charge in [-0.25, -0.2) is 0 Å². The van der Waals surface area contributed by atoms with Gasteiger partial charge < -0.3 is 4.74 Å². The van der Waals surface area contributed by atoms with Gasteiger partial charge in [-0.1, -0.05) is 18.8 Å². The average Bonchev–Trinajstić information content (AvgIpc) is 2.71. The van der Waals surface area contributed by atoms with Crippen molar-refractivity contribution in [2.75, 3.05) is 7.11 Å². The van der Waals surface area contributed by atoms with Crippen LogP contribution in [0, 0.1) is 17.9 Å². The third-order valence-electron chi connectivity index (χ3n) is 1.79. The summed E-state index contributed by atoms with van der Waals surface area (Å²) >= 11 is 0. The zero-order chi connectivity index (χ0) is 7.23. The number of rotatable bonds is 3. The molecule has 0 N–H and O–H groups in total. The van der Waals surface area contributed by atoms with E-state index in [2.05, 4.69) is 16.8 Å². The van der Waals surface area contributed by atoms with E-state index < -0.39 is 0 Å². The Morgan fingerprint density at radius 3 is 2.90 bits per heavy atom. The molecule has 1 heteroatoms. The van der Waals surface area contributed by atoms with Crippen LogP contribution in [0.15, 0.2) is 0 Å². The molecule has 1 saturated carbocycles. The molecule has 0 aromatic carbocycles. The minimum Gasteiger partial charge on any atom is -0.450 e. The molecule has 0 bridgehead atoms. The van der Waals surface area contributed by atoms with Crippen molar-refractivity contribution >= 4 is 0 Å². The summed E-state index contributed by atoms with van der Waals surface area (Å²) in [5, 5.41) is 0. The number of methoxy groups -OCH3 is 1. The van der Waals surface area contributed by atoms with Crippen molar-refractivity contribution in [3.05, 3.63) is 0 Å². The SMILES string of the molecule is COC#CCCCC1CC1. The van der Waals surface area contributed by atoms with Crippen molar-refractivity contribution in [2.45, 2.75) is 32.1 Å². The molecule has 1 nitrogen and oxygen atoms in total. The van der Waals surface area contributed by atoms with Gasteiger partial charge in [-0.15, -0.1) is 0 Å². The molecule has 0 radical (unpaired) electrons. The molecule has 0 aliphatic heterocycles. The first-order valence-corrected chi connectivity index (χ1v) is 3.94. The predicted octanol–water partition coefficient (Wildman–Crippen LogP) is 2.17. The van der Waals surface area contributed by atoms with Gasteiger partial charge in [0.25, 0.3) is 0 Å². The van der Waals surface area contributed by atoms with E-state index >= 15 is 0 Å². The molecular weight excluding hydrogens is 124 g/mol. The van der Waals surface area contributed by atoms with E-state index in [1.54, 1.807) is 7.11 Å². The van der Waals surface area contributed by atoms with Crippen molar-refractivity contribution in [3.8, 4) is 12.0 Å². The molecule has 1 aliphatic carbocycles. The zero-order valence-electron chi connectivity index (χ0n) is 6.52. The van der Waals surface area contributed by atoms with Gasteiger partial charge in [0.05, 0.1) is 7.11 Å². The van der Waals surface area contributed by atoms with Gasteiger partial charge in [0.15, 0.2) is 0 Å². The van der Waals surface area contributed by atoms with Crippen molar-refractivity contribution in [1.82, 2.24) is 0 Å². The maximum absolute atomic E-state index is 4.60. The lowest BCUT2D eigenvalue weighted by atomic mass is 10.2. The Hall–Kier alpha value is -0.640. The summed E-state index contributed by atoms with van der Waals surface area (Å²) in [7, 11) is 1.61. The Morgan fingerprint density at radius 2 is 2.30 bits per heavy atom. The van der Waals surface area contributed by atoms with Crippen LogP contribution in [0.1, 0.15) is 32.1 Å². The summed E-state index contributed by atoms with van der Waals surface area (Å²) in [6, 6.07) is 0. The summed E-state index contributed by atoms with van der Waals surface area (Å²) < 4.78 is 4.60. The van der Waals surface area contributed by atoms with Gasteiger partial charge in [-0.05, 0) is 18.8 Å². The first-order valence-electron chi connectivity index (χ1n) is 3.94. The van der Waals surface area contributed by atoms with E-state index in [0.29, 0.717) is 0 Å². The molecule has 0 saturated heterocycles. The molecular formula is C9H14O. The second-order valence-corrected chi connectivity index (χ2v) is 2.82. The third kappa shape index (κ3) is 3.40. The normalized spacial score (nSPS) is 15.7. The van der Waals surface area contributed by atoms with Crippen molar-refractivity contribution in [2.24, 2.45) is 5.92 Å². The second-order valence-electron chi connectivity index (χ2n) is 2.82. The van der Waals surface area contributed by atoms with E-state index in [0.717, 1.165) is 12.3 Å². The summed E-state index contributed by atoms with van der Waals surface area (Å²) in [6.07, 6.45) is 9.13. The summed E-state index contributed by atoms with van der Waals surface area (Å²) in [5.74, 6) is 3.99. The Labute approximate surface area is 62.8 Å². The highest BCUT2D eigenvalue weighted by atomic mass is 16.5. The first-order chi connectivity index (χ1) is 4.93. The van der Waals surface area contributed by atoms with Crippen molar-refractivity contribution in [3.63, 3.8) is 0 Å². The fraction of sp³-hybridized carbons (Fsp3) is 0.778. The van der Waals surface area contributed by atoms with E-state index in [1.807, 2.05) is 0 Å². The van der Waals surface area contributed by atoms with Gasteiger partial charge in [-0.2, -0.15) is 0 Å². The van der Waals surface area contributed by atoms with Crippen LogP contribution in [-0.2, 0) is 4.74 Å². The van der Waals surface area contributed by atoms with E-state index in [-0.39, 0.29) is 0 Å². The molecule has 1 rings (SSSR count). The highest BCUT2D eigenvalue weighted by Crippen LogP contribution is 2.33. The summed E-state index contributed by atoms with van der Waals surface area (Å²) in [4.78, 5) is 0. The van der Waals surface area contributed by atoms with Crippen molar-refractivity contribution < 1.29 is 4.74 Å². The maximum Gasteiger partial charge on any atom is 0.109 e. The maximum atomic E-state index is 4.60. The predicted molar refractivity (Wildman–Crippen MR) is 41.4 cm³/mol. The zero-order valence-corrected chi connectivity index (χ0v) is 6.52. The minimum atomic E-state index is 1.00. The van der Waals surface area contributed by atoms with Gasteiger partial charge in [0.2, 0.25) is 0 Å². The Kier molecular flexibility index (Phi) is 3.15. The summed E-state index contributed by atoms with van der Waals surface area (Å²) in [6.45, 7) is 0. The van der Waals surface area contributed by atoms with Crippen LogP contribution in [0.2, 0.25) is 0 Å². The molecule has 0 atom stereocenters. The monoisotopic (exact) mass is 138 g/mol. The third-order valence-corrected chi connectivity index (χ3v) is 1.79. The molecule has 0 unspecified atom stereocenters. The van der Waals surface area contributed by atoms with Gasteiger partial charge >= 0.3 is 0 Å². The second kappa shape index (κ2) is 4.22. The minimum absolute atomic E-state index is 1.00. The lowest BCUT2D eigenvalue weighted by molar-refractivity contribution is 0.371. The van der Waals surface area contributed by atoms with Crippen LogP contribution < -0.4 is 0 Å². The first kappa shape index (κ1) is 7.47. The lowest BCUT2D eigenvalue weighted by Crippen LogP contribution is -1.76. The van der Waals surface area contributed by atoms with Crippen molar-refractivity contribution in [1.29, 1.82) is 0 Å². The highest BCUT2D eigenvalue weighted by molar-refractivity contribution is 4.91. The van der Waals surface area contributed by atoms with Gasteiger partial charge in [-0.3, -0.25) is 0 Å². The summed E-state index contributed by atoms with van der Waals surface area (Å²) in [5.41, 5.74) is 0. The molecule has 0 aromatic rings. The number of hydrogen-bond donors (Lipinski definition) is 0. The van der Waals surface area contributed by atoms with E-state index in [9.17, 15) is 0 Å². The Balaban J connectivity index is 1.84. The molecule has 56 valence electrons. The molecule has 1 fully saturated rings. The van der Waals surface area contributed by atoms with Crippen LogP contribution in [0.3, 0.4) is 0 Å². The highest BCUT2D eigenvalue weighted by Gasteiger charge is 2.19. The molecule has 0 spiro atoms. The van der Waals surface area contributed by atoms with Crippen LogP contribution >= 0.6 is 0 Å². The smallest absolute Gasteiger partial charge is 0.109 e. The molecule has 1 aliphatic rings. The molecule has 0 aromatic heterocycles. The number of ether oxygens (including phenoxy) is 1. The average molecular weight is 138 g/mol. The fourth-order valence-electron chi connectivity index (χ4n) is 1.01. The number of unbranched alkanes of at least 4 members (excludes halogenated alkanes) is 1.